The molecule has 1 aliphatic heterocycles. The lowest BCUT2D eigenvalue weighted by molar-refractivity contribution is 0.102. The number of amides is 1. The summed E-state index contributed by atoms with van der Waals surface area (Å²) in [6.45, 7) is 2.96. The largest absolute Gasteiger partial charge is 0.385 e. The van der Waals surface area contributed by atoms with E-state index in [2.05, 4.69) is 32.6 Å². The van der Waals surface area contributed by atoms with Gasteiger partial charge in [-0.3, -0.25) is 4.79 Å². The molecule has 0 saturated heterocycles. The Hall–Kier alpha value is -1.81. The second-order valence-corrected chi connectivity index (χ2v) is 6.12. The molecule has 0 atom stereocenters. The van der Waals surface area contributed by atoms with E-state index in [-0.39, 0.29) is 5.91 Å². The van der Waals surface area contributed by atoms with Crippen LogP contribution in [0.3, 0.4) is 0 Å². The number of hydrogen-bond donors (Lipinski definition) is 2. The number of nitrogens with one attached hydrogen (secondary N) is 2. The summed E-state index contributed by atoms with van der Waals surface area (Å²) < 4.78 is 0.949. The van der Waals surface area contributed by atoms with Crippen molar-refractivity contribution in [3.05, 3.63) is 57.6 Å². The molecule has 108 valence electrons. The zero-order valence-corrected chi connectivity index (χ0v) is 13.5. The fourth-order valence-electron chi connectivity index (χ4n) is 2.60. The summed E-state index contributed by atoms with van der Waals surface area (Å²) in [5.74, 6) is -0.0717. The van der Waals surface area contributed by atoms with Gasteiger partial charge in [0.15, 0.2) is 0 Å². The van der Waals surface area contributed by atoms with Crippen LogP contribution in [0.4, 0.5) is 11.4 Å². The van der Waals surface area contributed by atoms with Gasteiger partial charge in [-0.05, 0) is 61.2 Å². The predicted octanol–water partition coefficient (Wildman–Crippen LogP) is 4.37. The summed E-state index contributed by atoms with van der Waals surface area (Å²) in [6, 6.07) is 11.7. The first kappa shape index (κ1) is 14.1. The third-order valence-electron chi connectivity index (χ3n) is 3.81. The second kappa shape index (κ2) is 5.90. The molecule has 3 rings (SSSR count). The molecule has 1 amide bonds. The molecule has 2 N–H and O–H groups in total. The number of rotatable bonds is 2. The predicted molar refractivity (Wildman–Crippen MR) is 90.1 cm³/mol. The molecule has 1 heterocycles. The molecular formula is C17H17BrN2O. The summed E-state index contributed by atoms with van der Waals surface area (Å²) in [4.78, 5) is 12.4. The zero-order chi connectivity index (χ0) is 14.8. The van der Waals surface area contributed by atoms with Crippen LogP contribution in [-0.4, -0.2) is 12.5 Å². The molecule has 3 nitrogen and oxygen atoms in total. The van der Waals surface area contributed by atoms with Crippen molar-refractivity contribution in [1.29, 1.82) is 0 Å². The van der Waals surface area contributed by atoms with Crippen LogP contribution in [0.1, 0.15) is 27.9 Å². The first-order chi connectivity index (χ1) is 10.1. The Balaban J connectivity index is 1.83. The maximum absolute atomic E-state index is 12.4. The highest BCUT2D eigenvalue weighted by atomic mass is 79.9. The molecule has 0 fully saturated rings. The van der Waals surface area contributed by atoms with Crippen molar-refractivity contribution in [1.82, 2.24) is 0 Å². The molecule has 0 saturated carbocycles. The summed E-state index contributed by atoms with van der Waals surface area (Å²) in [5.41, 5.74) is 4.94. The van der Waals surface area contributed by atoms with Crippen molar-refractivity contribution in [2.75, 3.05) is 17.2 Å². The SMILES string of the molecule is Cc1c(Br)cccc1C(=O)Nc1ccc2c(c1)CCCN2. The van der Waals surface area contributed by atoms with Gasteiger partial charge in [0.2, 0.25) is 0 Å². The van der Waals surface area contributed by atoms with E-state index >= 15 is 0 Å². The smallest absolute Gasteiger partial charge is 0.255 e. The number of fused-ring (bicyclic) bond motifs is 1. The van der Waals surface area contributed by atoms with Gasteiger partial charge in [0, 0.05) is 28.0 Å². The van der Waals surface area contributed by atoms with Crippen molar-refractivity contribution >= 4 is 33.2 Å². The van der Waals surface area contributed by atoms with Crippen molar-refractivity contribution < 1.29 is 4.79 Å². The van der Waals surface area contributed by atoms with E-state index in [4.69, 9.17) is 0 Å². The van der Waals surface area contributed by atoms with Crippen LogP contribution in [0.2, 0.25) is 0 Å². The van der Waals surface area contributed by atoms with Gasteiger partial charge in [0.25, 0.3) is 5.91 Å². The van der Waals surface area contributed by atoms with Gasteiger partial charge >= 0.3 is 0 Å². The Morgan fingerprint density at radius 3 is 3.00 bits per heavy atom. The number of carbonyl (C=O) groups excluding carboxylic acids is 1. The Morgan fingerprint density at radius 1 is 1.29 bits per heavy atom. The van der Waals surface area contributed by atoms with Gasteiger partial charge in [-0.15, -0.1) is 0 Å². The number of halogens is 1. The third-order valence-corrected chi connectivity index (χ3v) is 4.67. The molecule has 0 aromatic heterocycles. The van der Waals surface area contributed by atoms with E-state index in [1.165, 1.54) is 11.3 Å². The molecule has 2 aromatic carbocycles. The number of benzene rings is 2. The fourth-order valence-corrected chi connectivity index (χ4v) is 2.97. The number of aryl methyl sites for hydroxylation is 1. The summed E-state index contributed by atoms with van der Waals surface area (Å²) in [5, 5.41) is 6.36. The van der Waals surface area contributed by atoms with E-state index in [0.29, 0.717) is 5.56 Å². The van der Waals surface area contributed by atoms with Crippen molar-refractivity contribution in [3.8, 4) is 0 Å². The highest BCUT2D eigenvalue weighted by molar-refractivity contribution is 9.10. The Kier molecular flexibility index (Phi) is 3.97. The fraction of sp³-hybridized carbons (Fsp3) is 0.235. The Bertz CT molecular complexity index is 697. The van der Waals surface area contributed by atoms with Crippen LogP contribution in [0.5, 0.6) is 0 Å². The normalized spacial score (nSPS) is 13.2. The minimum Gasteiger partial charge on any atom is -0.385 e. The van der Waals surface area contributed by atoms with Crippen LogP contribution in [0.15, 0.2) is 40.9 Å². The molecule has 2 aromatic rings. The van der Waals surface area contributed by atoms with E-state index in [1.807, 2.05) is 37.3 Å². The molecule has 4 heteroatoms. The molecule has 0 bridgehead atoms. The van der Waals surface area contributed by atoms with Gasteiger partial charge in [-0.2, -0.15) is 0 Å². The average Bonchev–Trinajstić information content (AvgIpc) is 2.50. The molecule has 0 aliphatic carbocycles. The minimum absolute atomic E-state index is 0.0717. The molecular weight excluding hydrogens is 328 g/mol. The lowest BCUT2D eigenvalue weighted by Gasteiger charge is -2.19. The topological polar surface area (TPSA) is 41.1 Å². The number of anilines is 2. The third kappa shape index (κ3) is 2.95. The van der Waals surface area contributed by atoms with Gasteiger partial charge in [-0.25, -0.2) is 0 Å². The van der Waals surface area contributed by atoms with Gasteiger partial charge < -0.3 is 10.6 Å². The summed E-state index contributed by atoms with van der Waals surface area (Å²) in [6.07, 6.45) is 2.19. The Morgan fingerprint density at radius 2 is 2.14 bits per heavy atom. The van der Waals surface area contributed by atoms with E-state index in [0.717, 1.165) is 35.1 Å². The van der Waals surface area contributed by atoms with Crippen LogP contribution in [-0.2, 0) is 6.42 Å². The quantitative estimate of drug-likeness (QED) is 0.849. The van der Waals surface area contributed by atoms with Crippen LogP contribution < -0.4 is 10.6 Å². The minimum atomic E-state index is -0.0717. The highest BCUT2D eigenvalue weighted by Gasteiger charge is 2.13. The van der Waals surface area contributed by atoms with E-state index in [9.17, 15) is 4.79 Å². The first-order valence-electron chi connectivity index (χ1n) is 7.08. The van der Waals surface area contributed by atoms with Crippen LogP contribution in [0, 0.1) is 6.92 Å². The Labute approximate surface area is 132 Å². The molecule has 0 unspecified atom stereocenters. The van der Waals surface area contributed by atoms with Gasteiger partial charge in [0.05, 0.1) is 0 Å². The average molecular weight is 345 g/mol. The molecule has 0 radical (unpaired) electrons. The zero-order valence-electron chi connectivity index (χ0n) is 11.9. The van der Waals surface area contributed by atoms with E-state index in [1.54, 1.807) is 0 Å². The van der Waals surface area contributed by atoms with Crippen LogP contribution >= 0.6 is 15.9 Å². The van der Waals surface area contributed by atoms with Crippen molar-refractivity contribution in [2.45, 2.75) is 19.8 Å². The molecule has 0 spiro atoms. The first-order valence-corrected chi connectivity index (χ1v) is 7.88. The monoisotopic (exact) mass is 344 g/mol. The second-order valence-electron chi connectivity index (χ2n) is 5.27. The molecule has 21 heavy (non-hydrogen) atoms. The van der Waals surface area contributed by atoms with Crippen molar-refractivity contribution in [3.63, 3.8) is 0 Å². The maximum Gasteiger partial charge on any atom is 0.255 e. The maximum atomic E-state index is 12.4. The van der Waals surface area contributed by atoms with Crippen LogP contribution in [0.25, 0.3) is 0 Å². The lowest BCUT2D eigenvalue weighted by Crippen LogP contribution is -2.15. The molecule has 1 aliphatic rings. The lowest BCUT2D eigenvalue weighted by atomic mass is 10.0. The number of carbonyl (C=O) groups is 1. The summed E-state index contributed by atoms with van der Waals surface area (Å²) >= 11 is 3.46. The van der Waals surface area contributed by atoms with Gasteiger partial charge in [-0.1, -0.05) is 22.0 Å². The highest BCUT2D eigenvalue weighted by Crippen LogP contribution is 2.26. The van der Waals surface area contributed by atoms with Gasteiger partial charge in [0.1, 0.15) is 0 Å². The van der Waals surface area contributed by atoms with Crippen molar-refractivity contribution in [2.24, 2.45) is 0 Å². The standard InChI is InChI=1S/C17H17BrN2O/c1-11-14(5-2-6-15(11)18)17(21)20-13-7-8-16-12(10-13)4-3-9-19-16/h2,5-8,10,19H,3-4,9H2,1H3,(H,20,21). The number of hydrogen-bond acceptors (Lipinski definition) is 2. The van der Waals surface area contributed by atoms with E-state index < -0.39 is 0 Å². The summed E-state index contributed by atoms with van der Waals surface area (Å²) in [7, 11) is 0.